The van der Waals surface area contributed by atoms with Crippen LogP contribution in [-0.4, -0.2) is 46.8 Å². The number of nitrogens with zero attached hydrogens (tertiary/aromatic N) is 4. The molecule has 0 unspecified atom stereocenters. The number of hydrogen-bond donors (Lipinski definition) is 1. The lowest BCUT2D eigenvalue weighted by atomic mass is 10.1. The van der Waals surface area contributed by atoms with E-state index in [1.54, 1.807) is 11.7 Å². The van der Waals surface area contributed by atoms with Crippen molar-refractivity contribution in [1.29, 1.82) is 0 Å². The number of likely N-dealkylation sites (N-methyl/N-ethyl adjacent to an activating group) is 1. The summed E-state index contributed by atoms with van der Waals surface area (Å²) in [5.41, 5.74) is 0.612. The third-order valence-corrected chi connectivity index (χ3v) is 2.63. The quantitative estimate of drug-likeness (QED) is 0.614. The lowest BCUT2D eigenvalue weighted by Crippen LogP contribution is -2.21. The summed E-state index contributed by atoms with van der Waals surface area (Å²) in [6.07, 6.45) is 0. The van der Waals surface area contributed by atoms with Gasteiger partial charge < -0.3 is 10.2 Å². The topological polar surface area (TPSA) is 76.2 Å². The lowest BCUT2D eigenvalue weighted by molar-refractivity contribution is -0.384. The summed E-state index contributed by atoms with van der Waals surface area (Å²) in [6.45, 7) is 5.25. The van der Waals surface area contributed by atoms with Gasteiger partial charge in [-0.1, -0.05) is 13.8 Å². The molecule has 7 nitrogen and oxygen atoms in total. The van der Waals surface area contributed by atoms with Gasteiger partial charge in [-0.2, -0.15) is 5.10 Å². The largest absolute Gasteiger partial charge is 0.363 e. The molecule has 0 aliphatic carbocycles. The highest BCUT2D eigenvalue weighted by atomic mass is 16.6. The Balaban J connectivity index is 2.99. The molecule has 18 heavy (non-hydrogen) atoms. The van der Waals surface area contributed by atoms with Crippen LogP contribution in [-0.2, 0) is 7.05 Å². The first-order chi connectivity index (χ1) is 8.34. The molecule has 0 radical (unpaired) electrons. The molecule has 0 saturated carbocycles. The first-order valence-electron chi connectivity index (χ1n) is 5.94. The summed E-state index contributed by atoms with van der Waals surface area (Å²) in [5.74, 6) is 0.506. The maximum absolute atomic E-state index is 11.2. The fraction of sp³-hybridized carbons (Fsp3) is 0.727. The summed E-state index contributed by atoms with van der Waals surface area (Å²) < 4.78 is 1.54. The first-order valence-corrected chi connectivity index (χ1v) is 5.94. The van der Waals surface area contributed by atoms with E-state index in [9.17, 15) is 10.1 Å². The van der Waals surface area contributed by atoms with Crippen LogP contribution in [0.2, 0.25) is 0 Å². The van der Waals surface area contributed by atoms with Crippen molar-refractivity contribution in [1.82, 2.24) is 14.7 Å². The SMILES string of the molecule is CC(C)c1nn(C)c(NCCN(C)C)c1[N+](=O)[O-]. The summed E-state index contributed by atoms with van der Waals surface area (Å²) in [7, 11) is 5.63. The van der Waals surface area contributed by atoms with Crippen molar-refractivity contribution in [3.8, 4) is 0 Å². The Bertz CT molecular complexity index is 425. The summed E-state index contributed by atoms with van der Waals surface area (Å²) >= 11 is 0. The molecule has 0 atom stereocenters. The zero-order valence-corrected chi connectivity index (χ0v) is 11.6. The molecule has 0 bridgehead atoms. The normalized spacial score (nSPS) is 11.3. The number of rotatable bonds is 6. The molecule has 0 amide bonds. The Hall–Kier alpha value is -1.63. The highest BCUT2D eigenvalue weighted by molar-refractivity contribution is 5.60. The Morgan fingerprint density at radius 1 is 1.50 bits per heavy atom. The average Bonchev–Trinajstić information content (AvgIpc) is 2.56. The van der Waals surface area contributed by atoms with E-state index in [2.05, 4.69) is 10.4 Å². The number of aryl methyl sites for hydroxylation is 1. The van der Waals surface area contributed by atoms with E-state index in [-0.39, 0.29) is 16.5 Å². The van der Waals surface area contributed by atoms with Crippen molar-refractivity contribution in [3.63, 3.8) is 0 Å². The fourth-order valence-corrected chi connectivity index (χ4v) is 1.70. The highest BCUT2D eigenvalue weighted by Crippen LogP contribution is 2.32. The van der Waals surface area contributed by atoms with Gasteiger partial charge in [0.2, 0.25) is 5.82 Å². The van der Waals surface area contributed by atoms with Gasteiger partial charge in [0.15, 0.2) is 0 Å². The Labute approximate surface area is 107 Å². The summed E-state index contributed by atoms with van der Waals surface area (Å²) in [4.78, 5) is 12.8. The van der Waals surface area contributed by atoms with Crippen LogP contribution in [0.4, 0.5) is 11.5 Å². The van der Waals surface area contributed by atoms with E-state index in [0.717, 1.165) is 6.54 Å². The monoisotopic (exact) mass is 255 g/mol. The van der Waals surface area contributed by atoms with Crippen LogP contribution >= 0.6 is 0 Å². The standard InChI is InChI=1S/C11H21N5O2/c1-8(2)9-10(16(17)18)11(15(5)13-9)12-6-7-14(3)4/h8,12H,6-7H2,1-5H3. The van der Waals surface area contributed by atoms with Crippen molar-refractivity contribution in [2.45, 2.75) is 19.8 Å². The van der Waals surface area contributed by atoms with E-state index in [1.807, 2.05) is 32.8 Å². The minimum Gasteiger partial charge on any atom is -0.363 e. The van der Waals surface area contributed by atoms with E-state index >= 15 is 0 Å². The van der Waals surface area contributed by atoms with Crippen LogP contribution < -0.4 is 5.32 Å². The van der Waals surface area contributed by atoms with Crippen LogP contribution in [0.25, 0.3) is 0 Å². The van der Waals surface area contributed by atoms with E-state index < -0.39 is 0 Å². The van der Waals surface area contributed by atoms with Crippen LogP contribution in [0.15, 0.2) is 0 Å². The minimum atomic E-state index is -0.361. The smallest absolute Gasteiger partial charge is 0.334 e. The number of nitrogens with one attached hydrogen (secondary N) is 1. The zero-order chi connectivity index (χ0) is 13.9. The molecule has 1 heterocycles. The van der Waals surface area contributed by atoms with Crippen molar-refractivity contribution >= 4 is 11.5 Å². The molecule has 0 spiro atoms. The second-order valence-electron chi connectivity index (χ2n) is 4.85. The summed E-state index contributed by atoms with van der Waals surface area (Å²) in [6, 6.07) is 0. The van der Waals surface area contributed by atoms with Gasteiger partial charge in [0.25, 0.3) is 0 Å². The molecule has 1 N–H and O–H groups in total. The average molecular weight is 255 g/mol. The summed E-state index contributed by atoms with van der Waals surface area (Å²) in [5, 5.41) is 18.5. The van der Waals surface area contributed by atoms with E-state index in [4.69, 9.17) is 0 Å². The fourth-order valence-electron chi connectivity index (χ4n) is 1.70. The predicted molar refractivity (Wildman–Crippen MR) is 71.0 cm³/mol. The Kier molecular flexibility index (Phi) is 4.66. The molecule has 7 heteroatoms. The molecule has 0 aliphatic heterocycles. The number of aromatic nitrogens is 2. The molecule has 1 aromatic heterocycles. The Morgan fingerprint density at radius 2 is 2.11 bits per heavy atom. The molecule has 1 aromatic rings. The zero-order valence-electron chi connectivity index (χ0n) is 11.6. The van der Waals surface area contributed by atoms with Crippen molar-refractivity contribution in [3.05, 3.63) is 15.8 Å². The van der Waals surface area contributed by atoms with Gasteiger partial charge in [0.05, 0.1) is 4.92 Å². The van der Waals surface area contributed by atoms with Gasteiger partial charge in [0.1, 0.15) is 5.69 Å². The van der Waals surface area contributed by atoms with Crippen LogP contribution in [0.5, 0.6) is 0 Å². The minimum absolute atomic E-state index is 0.0287. The molecule has 0 saturated heterocycles. The highest BCUT2D eigenvalue weighted by Gasteiger charge is 2.28. The molecule has 0 aromatic carbocycles. The van der Waals surface area contributed by atoms with Gasteiger partial charge in [-0.3, -0.25) is 10.1 Å². The van der Waals surface area contributed by atoms with E-state index in [0.29, 0.717) is 18.1 Å². The number of hydrogen-bond acceptors (Lipinski definition) is 5. The Morgan fingerprint density at radius 3 is 2.56 bits per heavy atom. The van der Waals surface area contributed by atoms with Crippen LogP contribution in [0.1, 0.15) is 25.5 Å². The third kappa shape index (κ3) is 3.19. The van der Waals surface area contributed by atoms with E-state index in [1.165, 1.54) is 0 Å². The molecule has 1 rings (SSSR count). The maximum Gasteiger partial charge on any atom is 0.334 e. The molecular formula is C11H21N5O2. The first kappa shape index (κ1) is 14.4. The molecule has 0 fully saturated rings. The second kappa shape index (κ2) is 5.81. The van der Waals surface area contributed by atoms with Gasteiger partial charge in [-0.15, -0.1) is 0 Å². The number of anilines is 1. The van der Waals surface area contributed by atoms with Gasteiger partial charge >= 0.3 is 5.69 Å². The second-order valence-corrected chi connectivity index (χ2v) is 4.85. The lowest BCUT2D eigenvalue weighted by Gasteiger charge is -2.10. The molecular weight excluding hydrogens is 234 g/mol. The predicted octanol–water partition coefficient (Wildman–Crippen LogP) is 1.43. The van der Waals surface area contributed by atoms with Gasteiger partial charge in [-0.25, -0.2) is 4.68 Å². The van der Waals surface area contributed by atoms with Gasteiger partial charge in [0, 0.05) is 26.1 Å². The number of nitro groups is 1. The maximum atomic E-state index is 11.2. The van der Waals surface area contributed by atoms with Crippen LogP contribution in [0.3, 0.4) is 0 Å². The third-order valence-electron chi connectivity index (χ3n) is 2.63. The molecule has 0 aliphatic rings. The van der Waals surface area contributed by atoms with Crippen molar-refractivity contribution < 1.29 is 4.92 Å². The molecule has 102 valence electrons. The van der Waals surface area contributed by atoms with Gasteiger partial charge in [-0.05, 0) is 14.1 Å². The van der Waals surface area contributed by atoms with Crippen molar-refractivity contribution in [2.24, 2.45) is 7.05 Å². The van der Waals surface area contributed by atoms with Crippen molar-refractivity contribution in [2.75, 3.05) is 32.5 Å². The van der Waals surface area contributed by atoms with Crippen LogP contribution in [0, 0.1) is 10.1 Å².